The van der Waals surface area contributed by atoms with Gasteiger partial charge < -0.3 is 5.73 Å². The van der Waals surface area contributed by atoms with Crippen molar-refractivity contribution in [2.75, 3.05) is 0 Å². The van der Waals surface area contributed by atoms with Crippen LogP contribution >= 0.6 is 11.6 Å². The molecule has 0 aliphatic heterocycles. The molecule has 0 aromatic heterocycles. The van der Waals surface area contributed by atoms with E-state index in [1.807, 2.05) is 13.8 Å². The molecular formula is C11H15ClFN. The van der Waals surface area contributed by atoms with E-state index in [9.17, 15) is 4.39 Å². The monoisotopic (exact) mass is 215 g/mol. The molecule has 1 nitrogen and oxygen atoms in total. The normalized spacial score (nSPS) is 15.2. The number of hydrogen-bond acceptors (Lipinski definition) is 1. The molecule has 1 unspecified atom stereocenters. The predicted molar refractivity (Wildman–Crippen MR) is 58.0 cm³/mol. The molecule has 1 atom stereocenters. The molecule has 0 amide bonds. The van der Waals surface area contributed by atoms with Crippen molar-refractivity contribution in [2.45, 2.75) is 32.2 Å². The fourth-order valence-electron chi connectivity index (χ4n) is 1.24. The number of benzene rings is 1. The first-order valence-electron chi connectivity index (χ1n) is 4.67. The minimum atomic E-state index is -0.370. The molecule has 0 spiro atoms. The topological polar surface area (TPSA) is 26.0 Å². The molecular weight excluding hydrogens is 201 g/mol. The Hall–Kier alpha value is -0.600. The molecule has 0 bridgehead atoms. The third kappa shape index (κ3) is 2.96. The zero-order chi connectivity index (χ0) is 10.8. The molecule has 78 valence electrons. The van der Waals surface area contributed by atoms with Gasteiger partial charge in [-0.25, -0.2) is 4.39 Å². The van der Waals surface area contributed by atoms with Gasteiger partial charge in [-0.05, 0) is 43.5 Å². The van der Waals surface area contributed by atoms with E-state index in [0.29, 0.717) is 17.0 Å². The van der Waals surface area contributed by atoms with E-state index in [1.165, 1.54) is 6.07 Å². The maximum absolute atomic E-state index is 13.3. The second-order valence-electron chi connectivity index (χ2n) is 3.92. The summed E-state index contributed by atoms with van der Waals surface area (Å²) in [4.78, 5) is 0. The molecule has 3 heteroatoms. The van der Waals surface area contributed by atoms with Gasteiger partial charge in [0.1, 0.15) is 5.82 Å². The van der Waals surface area contributed by atoms with Gasteiger partial charge in [-0.2, -0.15) is 0 Å². The molecule has 0 saturated heterocycles. The standard InChI is InChI=1S/C11H15ClFN/c1-3-11(2,14)7-8-6-9(12)4-5-10(8)13/h4-6H,3,7,14H2,1-2H3. The lowest BCUT2D eigenvalue weighted by molar-refractivity contribution is 0.439. The average molecular weight is 216 g/mol. The van der Waals surface area contributed by atoms with Gasteiger partial charge in [-0.15, -0.1) is 0 Å². The highest BCUT2D eigenvalue weighted by Crippen LogP contribution is 2.20. The molecule has 0 aliphatic rings. The van der Waals surface area contributed by atoms with Gasteiger partial charge in [0.25, 0.3) is 0 Å². The van der Waals surface area contributed by atoms with Gasteiger partial charge in [0, 0.05) is 10.6 Å². The highest BCUT2D eigenvalue weighted by Gasteiger charge is 2.18. The summed E-state index contributed by atoms with van der Waals surface area (Å²) in [5, 5.41) is 0.549. The molecule has 1 aromatic carbocycles. The highest BCUT2D eigenvalue weighted by atomic mass is 35.5. The van der Waals surface area contributed by atoms with Crippen molar-refractivity contribution >= 4 is 11.6 Å². The van der Waals surface area contributed by atoms with Gasteiger partial charge in [0.05, 0.1) is 0 Å². The first-order chi connectivity index (χ1) is 6.44. The molecule has 0 radical (unpaired) electrons. The summed E-state index contributed by atoms with van der Waals surface area (Å²) in [6.07, 6.45) is 1.31. The van der Waals surface area contributed by atoms with Crippen molar-refractivity contribution in [1.82, 2.24) is 0 Å². The zero-order valence-electron chi connectivity index (χ0n) is 8.48. The van der Waals surface area contributed by atoms with Gasteiger partial charge in [-0.3, -0.25) is 0 Å². The number of halogens is 2. The summed E-state index contributed by atoms with van der Waals surface area (Å²) < 4.78 is 13.3. The van der Waals surface area contributed by atoms with E-state index < -0.39 is 0 Å². The Morgan fingerprint density at radius 1 is 1.50 bits per heavy atom. The fourth-order valence-corrected chi connectivity index (χ4v) is 1.43. The van der Waals surface area contributed by atoms with Gasteiger partial charge in [0.15, 0.2) is 0 Å². The van der Waals surface area contributed by atoms with Crippen LogP contribution in [0.2, 0.25) is 5.02 Å². The van der Waals surface area contributed by atoms with Crippen molar-refractivity contribution in [3.63, 3.8) is 0 Å². The molecule has 0 aliphatic carbocycles. The lowest BCUT2D eigenvalue weighted by Crippen LogP contribution is -2.37. The number of nitrogens with two attached hydrogens (primary N) is 1. The summed E-state index contributed by atoms with van der Waals surface area (Å²) in [5.41, 5.74) is 6.18. The van der Waals surface area contributed by atoms with Gasteiger partial charge >= 0.3 is 0 Å². The Morgan fingerprint density at radius 2 is 2.14 bits per heavy atom. The molecule has 0 heterocycles. The van der Waals surface area contributed by atoms with Crippen molar-refractivity contribution in [1.29, 1.82) is 0 Å². The summed E-state index contributed by atoms with van der Waals surface area (Å²) in [6.45, 7) is 3.90. The van der Waals surface area contributed by atoms with E-state index in [-0.39, 0.29) is 11.4 Å². The molecule has 0 saturated carbocycles. The summed E-state index contributed by atoms with van der Waals surface area (Å²) >= 11 is 5.78. The zero-order valence-corrected chi connectivity index (χ0v) is 9.24. The Balaban J connectivity index is 2.91. The van der Waals surface area contributed by atoms with Crippen LogP contribution in [0.25, 0.3) is 0 Å². The van der Waals surface area contributed by atoms with Crippen LogP contribution in [0.3, 0.4) is 0 Å². The van der Waals surface area contributed by atoms with Crippen LogP contribution in [-0.4, -0.2) is 5.54 Å². The molecule has 1 rings (SSSR count). The van der Waals surface area contributed by atoms with E-state index >= 15 is 0 Å². The first-order valence-corrected chi connectivity index (χ1v) is 5.05. The minimum absolute atomic E-state index is 0.237. The summed E-state index contributed by atoms with van der Waals surface area (Å²) in [7, 11) is 0. The van der Waals surface area contributed by atoms with E-state index in [1.54, 1.807) is 12.1 Å². The number of hydrogen-bond donors (Lipinski definition) is 1. The van der Waals surface area contributed by atoms with Crippen molar-refractivity contribution in [3.05, 3.63) is 34.6 Å². The maximum Gasteiger partial charge on any atom is 0.126 e. The lowest BCUT2D eigenvalue weighted by Gasteiger charge is -2.22. The molecule has 2 N–H and O–H groups in total. The van der Waals surface area contributed by atoms with Crippen LogP contribution < -0.4 is 5.73 Å². The van der Waals surface area contributed by atoms with E-state index in [4.69, 9.17) is 17.3 Å². The highest BCUT2D eigenvalue weighted by molar-refractivity contribution is 6.30. The Morgan fingerprint density at radius 3 is 2.71 bits per heavy atom. The smallest absolute Gasteiger partial charge is 0.126 e. The van der Waals surface area contributed by atoms with Crippen molar-refractivity contribution in [3.8, 4) is 0 Å². The Labute approximate surface area is 89.1 Å². The SMILES string of the molecule is CCC(C)(N)Cc1cc(Cl)ccc1F. The lowest BCUT2D eigenvalue weighted by atomic mass is 9.91. The second-order valence-corrected chi connectivity index (χ2v) is 4.36. The van der Waals surface area contributed by atoms with Crippen LogP contribution in [0.1, 0.15) is 25.8 Å². The largest absolute Gasteiger partial charge is 0.325 e. The quantitative estimate of drug-likeness (QED) is 0.824. The molecule has 14 heavy (non-hydrogen) atoms. The van der Waals surface area contributed by atoms with E-state index in [2.05, 4.69) is 0 Å². The summed E-state index contributed by atoms with van der Waals surface area (Å²) in [5.74, 6) is -0.237. The maximum atomic E-state index is 13.3. The van der Waals surface area contributed by atoms with E-state index in [0.717, 1.165) is 6.42 Å². The third-order valence-corrected chi connectivity index (χ3v) is 2.64. The fraction of sp³-hybridized carbons (Fsp3) is 0.455. The first kappa shape index (κ1) is 11.5. The van der Waals surface area contributed by atoms with Crippen molar-refractivity contribution in [2.24, 2.45) is 5.73 Å². The number of rotatable bonds is 3. The van der Waals surface area contributed by atoms with Gasteiger partial charge in [-0.1, -0.05) is 18.5 Å². The van der Waals surface area contributed by atoms with Crippen LogP contribution in [0.4, 0.5) is 4.39 Å². The van der Waals surface area contributed by atoms with Crippen LogP contribution in [0, 0.1) is 5.82 Å². The third-order valence-electron chi connectivity index (χ3n) is 2.41. The predicted octanol–water partition coefficient (Wildman–Crippen LogP) is 3.15. The van der Waals surface area contributed by atoms with Crippen molar-refractivity contribution < 1.29 is 4.39 Å². The van der Waals surface area contributed by atoms with Gasteiger partial charge in [0.2, 0.25) is 0 Å². The van der Waals surface area contributed by atoms with Crippen LogP contribution in [0.15, 0.2) is 18.2 Å². The Kier molecular flexibility index (Phi) is 3.51. The Bertz CT molecular complexity index is 323. The van der Waals surface area contributed by atoms with Crippen LogP contribution in [0.5, 0.6) is 0 Å². The van der Waals surface area contributed by atoms with Crippen LogP contribution in [-0.2, 0) is 6.42 Å². The second kappa shape index (κ2) is 4.28. The minimum Gasteiger partial charge on any atom is -0.325 e. The molecule has 1 aromatic rings. The summed E-state index contributed by atoms with van der Waals surface area (Å²) in [6, 6.07) is 4.56. The average Bonchev–Trinajstić information content (AvgIpc) is 2.11. The molecule has 0 fully saturated rings.